The largest absolute Gasteiger partial charge is 0.450 e. The van der Waals surface area contributed by atoms with Gasteiger partial charge in [0.05, 0.1) is 23.1 Å². The number of anilines is 1. The standard InChI is InChI=1S/C20H25FN6O2S2/c1-2-29-19(28)27-11-20(12-27)8-15(10-31-20)25-3-5-26(6-4-25)17-16(7-14(21)9-22-17)18-24-23-13-30-18/h7,9,13,15H,2-6,8,10-12H2,1H3/t15-/m0/s1. The molecule has 5 heterocycles. The van der Waals surface area contributed by atoms with Crippen LogP contribution in [0.5, 0.6) is 0 Å². The molecule has 0 bridgehead atoms. The average Bonchev–Trinajstić information content (AvgIpc) is 3.43. The quantitative estimate of drug-likeness (QED) is 0.684. The first-order chi connectivity index (χ1) is 15.1. The maximum atomic E-state index is 13.8. The van der Waals surface area contributed by atoms with Gasteiger partial charge >= 0.3 is 6.09 Å². The van der Waals surface area contributed by atoms with Gasteiger partial charge in [0.15, 0.2) is 5.01 Å². The monoisotopic (exact) mass is 464 g/mol. The third-order valence-electron chi connectivity index (χ3n) is 6.23. The minimum atomic E-state index is -0.363. The van der Waals surface area contributed by atoms with Crippen molar-refractivity contribution in [1.29, 1.82) is 0 Å². The average molecular weight is 465 g/mol. The number of ether oxygens (including phenoxy) is 1. The lowest BCUT2D eigenvalue weighted by molar-refractivity contribution is 0.0603. The van der Waals surface area contributed by atoms with Gasteiger partial charge < -0.3 is 14.5 Å². The summed E-state index contributed by atoms with van der Waals surface area (Å²) in [4.78, 5) is 22.9. The SMILES string of the molecule is CCOC(=O)N1CC2(C[C@H](N3CCN(c4ncc(F)cc4-c4nncs4)CC3)CS2)C1. The molecule has 3 saturated heterocycles. The highest BCUT2D eigenvalue weighted by atomic mass is 32.2. The minimum Gasteiger partial charge on any atom is -0.450 e. The van der Waals surface area contributed by atoms with Crippen molar-refractivity contribution in [3.63, 3.8) is 0 Å². The normalized spacial score (nSPS) is 23.2. The van der Waals surface area contributed by atoms with E-state index >= 15 is 0 Å². The minimum absolute atomic E-state index is 0.191. The smallest absolute Gasteiger partial charge is 0.409 e. The van der Waals surface area contributed by atoms with Crippen molar-refractivity contribution in [2.75, 3.05) is 56.5 Å². The topological polar surface area (TPSA) is 74.7 Å². The van der Waals surface area contributed by atoms with Crippen LogP contribution >= 0.6 is 23.1 Å². The summed E-state index contributed by atoms with van der Waals surface area (Å²) in [6.45, 7) is 7.41. The van der Waals surface area contributed by atoms with Crippen molar-refractivity contribution in [2.24, 2.45) is 0 Å². The zero-order valence-corrected chi connectivity index (χ0v) is 19.0. The Morgan fingerprint density at radius 1 is 1.32 bits per heavy atom. The molecule has 0 saturated carbocycles. The summed E-state index contributed by atoms with van der Waals surface area (Å²) in [6.07, 6.45) is 2.19. The number of nitrogens with zero attached hydrogens (tertiary/aromatic N) is 6. The summed E-state index contributed by atoms with van der Waals surface area (Å²) in [5, 5.41) is 8.69. The van der Waals surface area contributed by atoms with Crippen molar-refractivity contribution < 1.29 is 13.9 Å². The van der Waals surface area contributed by atoms with E-state index in [2.05, 4.69) is 25.0 Å². The van der Waals surface area contributed by atoms with Gasteiger partial charge in [-0.2, -0.15) is 0 Å². The fraction of sp³-hybridized carbons (Fsp3) is 0.600. The molecule has 1 atom stereocenters. The Morgan fingerprint density at radius 3 is 2.84 bits per heavy atom. The third-order valence-corrected chi connectivity index (χ3v) is 8.54. The summed E-state index contributed by atoms with van der Waals surface area (Å²) in [5.41, 5.74) is 2.36. The number of amides is 1. The summed E-state index contributed by atoms with van der Waals surface area (Å²) >= 11 is 3.39. The van der Waals surface area contributed by atoms with Gasteiger partial charge in [-0.3, -0.25) is 4.90 Å². The summed E-state index contributed by atoms with van der Waals surface area (Å²) in [6, 6.07) is 2.03. The van der Waals surface area contributed by atoms with Crippen LogP contribution in [0, 0.1) is 5.82 Å². The molecule has 3 aliphatic heterocycles. The van der Waals surface area contributed by atoms with Gasteiger partial charge in [-0.05, 0) is 19.4 Å². The van der Waals surface area contributed by atoms with E-state index in [1.165, 1.54) is 23.6 Å². The highest BCUT2D eigenvalue weighted by Gasteiger charge is 2.52. The van der Waals surface area contributed by atoms with Crippen LogP contribution < -0.4 is 4.90 Å². The third kappa shape index (κ3) is 4.10. The Kier molecular flexibility index (Phi) is 5.74. The molecule has 3 aliphatic rings. The fourth-order valence-corrected chi connectivity index (χ4v) is 6.94. The number of thioether (sulfide) groups is 1. The molecule has 0 aliphatic carbocycles. The Balaban J connectivity index is 1.19. The van der Waals surface area contributed by atoms with Crippen LogP contribution in [0.25, 0.3) is 10.6 Å². The Morgan fingerprint density at radius 2 is 2.13 bits per heavy atom. The number of aromatic nitrogens is 3. The molecule has 1 spiro atoms. The summed E-state index contributed by atoms with van der Waals surface area (Å²) in [7, 11) is 0. The Bertz CT molecular complexity index is 932. The predicted molar refractivity (Wildman–Crippen MR) is 119 cm³/mol. The molecule has 0 N–H and O–H groups in total. The van der Waals surface area contributed by atoms with Crippen molar-refractivity contribution in [3.8, 4) is 10.6 Å². The number of hydrogen-bond acceptors (Lipinski definition) is 9. The second-order valence-corrected chi connectivity index (χ2v) is 10.5. The first-order valence-electron chi connectivity index (χ1n) is 10.5. The maximum Gasteiger partial charge on any atom is 0.409 e. The van der Waals surface area contributed by atoms with Gasteiger partial charge in [-0.15, -0.1) is 22.0 Å². The second-order valence-electron chi connectivity index (χ2n) is 8.20. The summed E-state index contributed by atoms with van der Waals surface area (Å²) < 4.78 is 19.1. The predicted octanol–water partition coefficient (Wildman–Crippen LogP) is 2.58. The van der Waals surface area contributed by atoms with E-state index in [0.717, 1.165) is 57.3 Å². The number of hydrogen-bond donors (Lipinski definition) is 0. The second kappa shape index (κ2) is 8.51. The van der Waals surface area contributed by atoms with E-state index in [9.17, 15) is 9.18 Å². The van der Waals surface area contributed by atoms with E-state index in [0.29, 0.717) is 23.2 Å². The van der Waals surface area contributed by atoms with Crippen LogP contribution in [-0.4, -0.2) is 93.5 Å². The van der Waals surface area contributed by atoms with Gasteiger partial charge in [0.25, 0.3) is 0 Å². The highest BCUT2D eigenvalue weighted by molar-refractivity contribution is 8.01. The molecule has 2 aromatic heterocycles. The first-order valence-corrected chi connectivity index (χ1v) is 12.4. The van der Waals surface area contributed by atoms with Crippen LogP contribution in [0.15, 0.2) is 17.8 Å². The number of carbonyl (C=O) groups is 1. The molecule has 3 fully saturated rings. The molecule has 0 aromatic carbocycles. The zero-order valence-electron chi connectivity index (χ0n) is 17.4. The lowest BCUT2D eigenvalue weighted by Crippen LogP contribution is -2.61. The Labute approximate surface area is 188 Å². The molecular formula is C20H25FN6O2S2. The molecule has 1 amide bonds. The van der Waals surface area contributed by atoms with Crippen LogP contribution in [0.1, 0.15) is 13.3 Å². The number of likely N-dealkylation sites (tertiary alicyclic amines) is 1. The molecule has 5 rings (SSSR count). The van der Waals surface area contributed by atoms with Crippen molar-refractivity contribution in [1.82, 2.24) is 25.0 Å². The van der Waals surface area contributed by atoms with Crippen molar-refractivity contribution in [2.45, 2.75) is 24.1 Å². The summed E-state index contributed by atoms with van der Waals surface area (Å²) in [5.74, 6) is 1.51. The van der Waals surface area contributed by atoms with E-state index in [4.69, 9.17) is 4.74 Å². The molecule has 166 valence electrons. The lowest BCUT2D eigenvalue weighted by Gasteiger charge is -2.47. The Hall–Kier alpha value is -1.98. The number of piperazine rings is 1. The van der Waals surface area contributed by atoms with Crippen molar-refractivity contribution >= 4 is 35.0 Å². The number of rotatable bonds is 4. The van der Waals surface area contributed by atoms with Crippen LogP contribution in [0.3, 0.4) is 0 Å². The number of carbonyl (C=O) groups excluding carboxylic acids is 1. The molecule has 31 heavy (non-hydrogen) atoms. The van der Waals surface area contributed by atoms with E-state index < -0.39 is 0 Å². The van der Waals surface area contributed by atoms with Gasteiger partial charge in [0.1, 0.15) is 17.1 Å². The molecule has 8 nitrogen and oxygen atoms in total. The molecular weight excluding hydrogens is 439 g/mol. The van der Waals surface area contributed by atoms with Crippen LogP contribution in [0.4, 0.5) is 15.0 Å². The van der Waals surface area contributed by atoms with Gasteiger partial charge in [-0.1, -0.05) is 11.3 Å². The van der Waals surface area contributed by atoms with Crippen LogP contribution in [0.2, 0.25) is 0 Å². The first kappa shape index (κ1) is 20.9. The molecule has 11 heteroatoms. The van der Waals surface area contributed by atoms with Crippen molar-refractivity contribution in [3.05, 3.63) is 23.6 Å². The fourth-order valence-electron chi connectivity index (χ4n) is 4.70. The lowest BCUT2D eigenvalue weighted by atomic mass is 9.91. The van der Waals surface area contributed by atoms with E-state index in [1.807, 2.05) is 23.6 Å². The maximum absolute atomic E-state index is 13.8. The molecule has 0 unspecified atom stereocenters. The zero-order chi connectivity index (χ0) is 21.4. The highest BCUT2D eigenvalue weighted by Crippen LogP contribution is 2.47. The van der Waals surface area contributed by atoms with Crippen LogP contribution in [-0.2, 0) is 4.74 Å². The molecule has 2 aromatic rings. The van der Waals surface area contributed by atoms with E-state index in [1.54, 1.807) is 5.51 Å². The van der Waals surface area contributed by atoms with Gasteiger partial charge in [0, 0.05) is 51.1 Å². The van der Waals surface area contributed by atoms with Gasteiger partial charge in [0.2, 0.25) is 0 Å². The van der Waals surface area contributed by atoms with Gasteiger partial charge in [-0.25, -0.2) is 14.2 Å². The number of halogens is 1. The molecule has 0 radical (unpaired) electrons. The number of pyridine rings is 1. The van der Waals surface area contributed by atoms with E-state index in [-0.39, 0.29) is 16.7 Å².